The first kappa shape index (κ1) is 22.9. The highest BCUT2D eigenvalue weighted by molar-refractivity contribution is 6.04. The molecule has 1 amide bonds. The first-order valence-corrected chi connectivity index (χ1v) is 12.9. The molecule has 3 N–H and O–H groups in total. The zero-order valence-electron chi connectivity index (χ0n) is 25.6. The fourth-order valence-electron chi connectivity index (χ4n) is 4.82. The second-order valence-corrected chi connectivity index (χ2v) is 9.56. The maximum absolute atomic E-state index is 14.2. The van der Waals surface area contributed by atoms with Crippen molar-refractivity contribution in [2.75, 3.05) is 12.8 Å². The second kappa shape index (κ2) is 10.6. The third-order valence-electron chi connectivity index (χ3n) is 6.75. The molecule has 0 saturated heterocycles. The van der Waals surface area contributed by atoms with Crippen molar-refractivity contribution in [3.8, 4) is 23.4 Å². The number of hydrogen-bond donors (Lipinski definition) is 2. The fourth-order valence-corrected chi connectivity index (χ4v) is 4.82. The minimum Gasteiger partial charge on any atom is -0.481 e. The highest BCUT2D eigenvalue weighted by Gasteiger charge is 2.24. The number of carbonyl (C=O) groups is 1. The van der Waals surface area contributed by atoms with Crippen LogP contribution in [-0.4, -0.2) is 41.9 Å². The van der Waals surface area contributed by atoms with E-state index in [0.717, 1.165) is 0 Å². The van der Waals surface area contributed by atoms with Gasteiger partial charge >= 0.3 is 0 Å². The number of nitrogens with one attached hydrogen (secondary N) is 1. The number of nitrogen functional groups attached to an aromatic ring is 1. The maximum Gasteiger partial charge on any atom is 0.264 e. The Bertz CT molecular complexity index is 2210. The summed E-state index contributed by atoms with van der Waals surface area (Å²) in [5.74, 6) is 5.22. The number of para-hydroxylation sites is 1. The molecule has 0 spiro atoms. The largest absolute Gasteiger partial charge is 0.481 e. The molecule has 0 radical (unpaired) electrons. The lowest BCUT2D eigenvalue weighted by atomic mass is 10.0. The summed E-state index contributed by atoms with van der Waals surface area (Å²) in [6.07, 6.45) is 4.83. The van der Waals surface area contributed by atoms with Crippen molar-refractivity contribution >= 4 is 28.1 Å². The van der Waals surface area contributed by atoms with Crippen LogP contribution >= 0.6 is 0 Å². The van der Waals surface area contributed by atoms with Crippen LogP contribution in [0.25, 0.3) is 22.1 Å². The van der Waals surface area contributed by atoms with E-state index in [1.54, 1.807) is 53.8 Å². The number of hydrogen-bond acceptors (Lipinski definition) is 7. The van der Waals surface area contributed by atoms with Gasteiger partial charge in [-0.05, 0) is 36.6 Å². The molecular weight excluding hydrogens is 532 g/mol. The van der Waals surface area contributed by atoms with E-state index in [4.69, 9.17) is 14.6 Å². The summed E-state index contributed by atoms with van der Waals surface area (Å²) in [5.41, 5.74) is 8.08. The Balaban J connectivity index is 1.43. The third-order valence-corrected chi connectivity index (χ3v) is 6.75. The minimum absolute atomic E-state index is 0.00902. The van der Waals surface area contributed by atoms with Crippen LogP contribution in [0.2, 0.25) is 0 Å². The van der Waals surface area contributed by atoms with E-state index < -0.39 is 19.0 Å². The standard InChI is InChI=1S/C31H26N8O3/c1-19(34-30(40)27-28(32)36-38-15-14-25(42-3)35-29(27)38)24-16-22-9-7-8-21(13-12-20-17-33-37(2)18-20)26(22)31(41)39(24)23-10-5-4-6-11-23/h4-11,14-19H,1-3H3,(H2,32,36)(H,34,40)/t19-/m0/s1/i3D3. The van der Waals surface area contributed by atoms with Gasteiger partial charge in [-0.15, -0.1) is 5.10 Å². The molecule has 0 bridgehead atoms. The lowest BCUT2D eigenvalue weighted by Crippen LogP contribution is -2.32. The Morgan fingerprint density at radius 1 is 1.14 bits per heavy atom. The number of nitrogens with zero attached hydrogens (tertiary/aromatic N) is 6. The number of aryl methyl sites for hydroxylation is 1. The molecule has 208 valence electrons. The molecule has 42 heavy (non-hydrogen) atoms. The van der Waals surface area contributed by atoms with Crippen molar-refractivity contribution in [1.82, 2.24) is 34.3 Å². The lowest BCUT2D eigenvalue weighted by molar-refractivity contribution is 0.0941. The number of rotatable bonds is 5. The van der Waals surface area contributed by atoms with Gasteiger partial charge in [-0.1, -0.05) is 42.2 Å². The van der Waals surface area contributed by atoms with Gasteiger partial charge in [-0.3, -0.25) is 18.8 Å². The average Bonchev–Trinajstić information content (AvgIpc) is 3.56. The number of carbonyl (C=O) groups excluding carboxylic acids is 1. The summed E-state index contributed by atoms with van der Waals surface area (Å²) in [6, 6.07) is 16.9. The van der Waals surface area contributed by atoms with Gasteiger partial charge in [0, 0.05) is 42.5 Å². The molecule has 0 aliphatic carbocycles. The number of anilines is 1. The van der Waals surface area contributed by atoms with Gasteiger partial charge in [0.1, 0.15) is 5.56 Å². The molecule has 1 atom stereocenters. The molecule has 0 saturated carbocycles. The van der Waals surface area contributed by atoms with Crippen LogP contribution in [0.4, 0.5) is 5.82 Å². The van der Waals surface area contributed by atoms with E-state index in [-0.39, 0.29) is 28.5 Å². The Morgan fingerprint density at radius 2 is 1.98 bits per heavy atom. The molecular formula is C31H26N8O3. The molecule has 11 heteroatoms. The number of methoxy groups -OCH3 is 1. The summed E-state index contributed by atoms with van der Waals surface area (Å²) >= 11 is 0. The van der Waals surface area contributed by atoms with Crippen molar-refractivity contribution < 1.29 is 13.6 Å². The molecule has 0 aliphatic rings. The quantitative estimate of drug-likeness (QED) is 0.309. The van der Waals surface area contributed by atoms with Crippen molar-refractivity contribution in [1.29, 1.82) is 0 Å². The minimum atomic E-state index is -2.74. The molecule has 0 aliphatic heterocycles. The summed E-state index contributed by atoms with van der Waals surface area (Å²) < 4.78 is 31.4. The van der Waals surface area contributed by atoms with E-state index in [1.165, 1.54) is 16.8 Å². The van der Waals surface area contributed by atoms with Gasteiger partial charge in [-0.2, -0.15) is 10.1 Å². The third kappa shape index (κ3) is 4.71. The number of aromatic nitrogens is 6. The Hall–Kier alpha value is -5.89. The number of fused-ring (bicyclic) bond motifs is 2. The summed E-state index contributed by atoms with van der Waals surface area (Å²) in [7, 11) is -0.940. The molecule has 11 nitrogen and oxygen atoms in total. The van der Waals surface area contributed by atoms with Crippen molar-refractivity contribution in [2.24, 2.45) is 7.05 Å². The number of ether oxygens (including phenoxy) is 1. The smallest absolute Gasteiger partial charge is 0.264 e. The average molecular weight is 562 g/mol. The summed E-state index contributed by atoms with van der Waals surface area (Å²) in [4.78, 5) is 32.0. The van der Waals surface area contributed by atoms with Gasteiger partial charge in [0.2, 0.25) is 5.88 Å². The molecule has 2 aromatic carbocycles. The highest BCUT2D eigenvalue weighted by atomic mass is 16.5. The molecule has 0 unspecified atom stereocenters. The SMILES string of the molecule is [2H]C([2H])([2H])Oc1ccn2nc(N)c(C(=O)N[C@@H](C)c3cc4cccc(C#Cc5cnn(C)c5)c4c(=O)n3-c3ccccc3)c2n1. The second-order valence-electron chi connectivity index (χ2n) is 9.56. The number of amides is 1. The summed E-state index contributed by atoms with van der Waals surface area (Å²) in [5, 5.41) is 12.2. The molecule has 0 fully saturated rings. The predicted molar refractivity (Wildman–Crippen MR) is 159 cm³/mol. The normalized spacial score (nSPS) is 13.0. The number of pyridine rings is 1. The molecule has 4 aromatic heterocycles. The van der Waals surface area contributed by atoms with Crippen LogP contribution in [-0.2, 0) is 7.05 Å². The number of nitrogens with two attached hydrogens (primary N) is 1. The van der Waals surface area contributed by atoms with Gasteiger partial charge < -0.3 is 15.8 Å². The van der Waals surface area contributed by atoms with Gasteiger partial charge in [0.05, 0.1) is 34.3 Å². The van der Waals surface area contributed by atoms with Crippen molar-refractivity contribution in [3.63, 3.8) is 0 Å². The predicted octanol–water partition coefficient (Wildman–Crippen LogP) is 3.25. The van der Waals surface area contributed by atoms with Gasteiger partial charge in [0.25, 0.3) is 11.5 Å². The van der Waals surface area contributed by atoms with Gasteiger partial charge in [-0.25, -0.2) is 4.52 Å². The Kier molecular flexibility index (Phi) is 5.77. The number of benzene rings is 2. The van der Waals surface area contributed by atoms with Gasteiger partial charge in [0.15, 0.2) is 11.5 Å². The highest BCUT2D eigenvalue weighted by Crippen LogP contribution is 2.25. The van der Waals surface area contributed by atoms with Crippen LogP contribution in [0, 0.1) is 11.8 Å². The van der Waals surface area contributed by atoms with E-state index in [2.05, 4.69) is 32.3 Å². The van der Waals surface area contributed by atoms with Crippen LogP contribution in [0.5, 0.6) is 5.88 Å². The van der Waals surface area contributed by atoms with E-state index >= 15 is 0 Å². The van der Waals surface area contributed by atoms with Crippen molar-refractivity contribution in [2.45, 2.75) is 13.0 Å². The monoisotopic (exact) mass is 561 g/mol. The van der Waals surface area contributed by atoms with Crippen LogP contribution in [0.3, 0.4) is 0 Å². The van der Waals surface area contributed by atoms with Crippen LogP contribution in [0.15, 0.2) is 84.0 Å². The first-order valence-electron chi connectivity index (χ1n) is 14.4. The summed E-state index contributed by atoms with van der Waals surface area (Å²) in [6.45, 7) is 1.74. The molecule has 6 rings (SSSR count). The lowest BCUT2D eigenvalue weighted by Gasteiger charge is -2.21. The molecule has 6 aromatic rings. The topological polar surface area (TPSA) is 134 Å². The van der Waals surface area contributed by atoms with Crippen LogP contribution < -0.4 is 21.3 Å². The fraction of sp³-hybridized carbons (Fsp3) is 0.129. The van der Waals surface area contributed by atoms with Crippen molar-refractivity contribution in [3.05, 3.63) is 112 Å². The Labute approximate surface area is 244 Å². The van der Waals surface area contributed by atoms with E-state index in [0.29, 0.717) is 33.3 Å². The Morgan fingerprint density at radius 3 is 2.74 bits per heavy atom. The van der Waals surface area contributed by atoms with Crippen LogP contribution in [0.1, 0.15) is 44.3 Å². The van der Waals surface area contributed by atoms with E-state index in [9.17, 15) is 9.59 Å². The van der Waals surface area contributed by atoms with E-state index in [1.807, 2.05) is 36.4 Å². The zero-order valence-corrected chi connectivity index (χ0v) is 22.6. The maximum atomic E-state index is 14.2. The first-order chi connectivity index (χ1) is 21.5. The zero-order chi connectivity index (χ0) is 31.9. The molecule has 4 heterocycles.